The first-order valence-corrected chi connectivity index (χ1v) is 7.92. The lowest BCUT2D eigenvalue weighted by Crippen LogP contribution is -2.13. The molecule has 0 spiro atoms. The van der Waals surface area contributed by atoms with E-state index in [-0.39, 0.29) is 5.03 Å². The van der Waals surface area contributed by atoms with Crippen molar-refractivity contribution in [3.63, 3.8) is 0 Å². The molecular weight excluding hydrogens is 274 g/mol. The van der Waals surface area contributed by atoms with Gasteiger partial charge in [-0.2, -0.15) is 5.26 Å². The van der Waals surface area contributed by atoms with Crippen LogP contribution in [-0.4, -0.2) is 18.0 Å². The summed E-state index contributed by atoms with van der Waals surface area (Å²) in [5.41, 5.74) is -0.449. The van der Waals surface area contributed by atoms with Gasteiger partial charge in [-0.15, -0.1) is 0 Å². The number of rotatable bonds is 5. The Balaban J connectivity index is 2.97. The lowest BCUT2D eigenvalue weighted by atomic mass is 9.91. The van der Waals surface area contributed by atoms with E-state index in [9.17, 15) is 8.42 Å². The molecule has 0 amide bonds. The first-order chi connectivity index (χ1) is 8.19. The van der Waals surface area contributed by atoms with E-state index >= 15 is 0 Å². The molecule has 0 aromatic carbocycles. The van der Waals surface area contributed by atoms with Gasteiger partial charge in [-0.25, -0.2) is 13.4 Å². The van der Waals surface area contributed by atoms with E-state index in [1.54, 1.807) is 4.57 Å². The van der Waals surface area contributed by atoms with Crippen LogP contribution in [0.1, 0.15) is 33.0 Å². The van der Waals surface area contributed by atoms with Crippen LogP contribution in [0, 0.1) is 16.7 Å². The summed E-state index contributed by atoms with van der Waals surface area (Å²) in [4.78, 5) is 3.99. The van der Waals surface area contributed by atoms with Gasteiger partial charge in [-0.1, -0.05) is 6.92 Å². The molecule has 0 aliphatic rings. The highest BCUT2D eigenvalue weighted by Crippen LogP contribution is 2.21. The maximum absolute atomic E-state index is 11.2. The molecule has 5 nitrogen and oxygen atoms in total. The highest BCUT2D eigenvalue weighted by molar-refractivity contribution is 8.13. The van der Waals surface area contributed by atoms with Gasteiger partial charge in [0.1, 0.15) is 5.82 Å². The molecule has 0 fully saturated rings. The molecule has 1 aromatic rings. The molecule has 1 heterocycles. The Kier molecular flexibility index (Phi) is 4.41. The molecule has 1 aromatic heterocycles. The van der Waals surface area contributed by atoms with Crippen molar-refractivity contribution >= 4 is 19.7 Å². The lowest BCUT2D eigenvalue weighted by molar-refractivity contribution is 0.409. The van der Waals surface area contributed by atoms with E-state index in [2.05, 4.69) is 11.1 Å². The summed E-state index contributed by atoms with van der Waals surface area (Å²) in [6, 6.07) is 2.21. The van der Waals surface area contributed by atoms with Gasteiger partial charge in [0.25, 0.3) is 9.05 Å². The van der Waals surface area contributed by atoms with E-state index in [1.165, 1.54) is 6.20 Å². The topological polar surface area (TPSA) is 75.8 Å². The second kappa shape index (κ2) is 5.29. The maximum Gasteiger partial charge on any atom is 0.280 e. The normalized spacial score (nSPS) is 12.4. The van der Waals surface area contributed by atoms with Gasteiger partial charge in [0.2, 0.25) is 0 Å². The number of hydrogen-bond donors (Lipinski definition) is 0. The van der Waals surface area contributed by atoms with Crippen molar-refractivity contribution in [2.75, 3.05) is 0 Å². The molecule has 0 radical (unpaired) electrons. The predicted octanol–water partition coefficient (Wildman–Crippen LogP) is 2.31. The van der Waals surface area contributed by atoms with E-state index < -0.39 is 14.5 Å². The van der Waals surface area contributed by atoms with Crippen molar-refractivity contribution in [1.29, 1.82) is 5.26 Å². The quantitative estimate of drug-likeness (QED) is 0.780. The smallest absolute Gasteiger partial charge is 0.280 e. The van der Waals surface area contributed by atoms with Gasteiger partial charge in [-0.3, -0.25) is 0 Å². The molecule has 0 bridgehead atoms. The summed E-state index contributed by atoms with van der Waals surface area (Å²) in [6.45, 7) is 6.12. The van der Waals surface area contributed by atoms with Gasteiger partial charge in [-0.05, 0) is 20.3 Å². The van der Waals surface area contributed by atoms with Gasteiger partial charge in [0.15, 0.2) is 5.03 Å². The molecule has 1 rings (SSSR count). The zero-order valence-corrected chi connectivity index (χ0v) is 12.2. The lowest BCUT2D eigenvalue weighted by Gasteiger charge is -2.15. The molecule has 0 unspecified atom stereocenters. The summed E-state index contributed by atoms with van der Waals surface area (Å²) in [6.07, 6.45) is 2.66. The van der Waals surface area contributed by atoms with Crippen LogP contribution in [0.3, 0.4) is 0 Å². The van der Waals surface area contributed by atoms with E-state index in [0.717, 1.165) is 0 Å². The van der Waals surface area contributed by atoms with Crippen molar-refractivity contribution in [1.82, 2.24) is 9.55 Å². The number of hydrogen-bond acceptors (Lipinski definition) is 4. The predicted molar refractivity (Wildman–Crippen MR) is 68.7 cm³/mol. The molecule has 7 heteroatoms. The van der Waals surface area contributed by atoms with Crippen molar-refractivity contribution < 1.29 is 8.42 Å². The van der Waals surface area contributed by atoms with Crippen molar-refractivity contribution in [3.8, 4) is 6.07 Å². The van der Waals surface area contributed by atoms with Gasteiger partial charge >= 0.3 is 0 Å². The van der Waals surface area contributed by atoms with E-state index in [0.29, 0.717) is 25.2 Å². The van der Waals surface area contributed by atoms with Crippen LogP contribution in [0.5, 0.6) is 0 Å². The highest BCUT2D eigenvalue weighted by Gasteiger charge is 2.20. The first kappa shape index (κ1) is 15.0. The fourth-order valence-electron chi connectivity index (χ4n) is 1.48. The zero-order valence-electron chi connectivity index (χ0n) is 10.6. The Hall–Kier alpha value is -1.06. The zero-order chi connectivity index (χ0) is 14.0. The molecule has 0 N–H and O–H groups in total. The minimum absolute atomic E-state index is 0.129. The summed E-state index contributed by atoms with van der Waals surface area (Å²) < 4.78 is 24.2. The third-order valence-electron chi connectivity index (χ3n) is 2.68. The number of nitrogens with zero attached hydrogens (tertiary/aromatic N) is 3. The largest absolute Gasteiger partial charge is 0.333 e. The number of halogens is 1. The van der Waals surface area contributed by atoms with Crippen LogP contribution >= 0.6 is 10.7 Å². The summed E-state index contributed by atoms with van der Waals surface area (Å²) >= 11 is 0. The second-order valence-corrected chi connectivity index (χ2v) is 7.24. The summed E-state index contributed by atoms with van der Waals surface area (Å²) in [7, 11) is 1.46. The van der Waals surface area contributed by atoms with E-state index in [1.807, 2.05) is 20.8 Å². The molecule has 18 heavy (non-hydrogen) atoms. The maximum atomic E-state index is 11.2. The first-order valence-electron chi connectivity index (χ1n) is 5.61. The van der Waals surface area contributed by atoms with Crippen LogP contribution in [-0.2, 0) is 22.0 Å². The molecule has 0 aliphatic heterocycles. The fraction of sp³-hybridized carbons (Fsp3) is 0.636. The summed E-state index contributed by atoms with van der Waals surface area (Å²) in [5, 5.41) is 8.81. The average Bonchev–Trinajstić information content (AvgIpc) is 2.69. The van der Waals surface area contributed by atoms with Crippen molar-refractivity contribution in [2.24, 2.45) is 5.41 Å². The second-order valence-electron chi connectivity index (χ2n) is 4.73. The Morgan fingerprint density at radius 2 is 2.17 bits per heavy atom. The number of nitriles is 1. The van der Waals surface area contributed by atoms with Gasteiger partial charge in [0.05, 0.1) is 11.5 Å². The molecule has 100 valence electrons. The number of aryl methyl sites for hydroxylation is 2. The number of aromatic nitrogens is 2. The minimum Gasteiger partial charge on any atom is -0.333 e. The molecular formula is C11H16ClN3O2S. The monoisotopic (exact) mass is 289 g/mol. The standard InChI is InChI=1S/C11H16ClN3O2S/c1-4-9-14-10(18(12,16)17)7-15(9)6-5-11(2,3)8-13/h7H,4-6H2,1-3H3. The number of imidazole rings is 1. The van der Waals surface area contributed by atoms with Crippen molar-refractivity contribution in [2.45, 2.75) is 45.2 Å². The van der Waals surface area contributed by atoms with Crippen LogP contribution in [0.2, 0.25) is 0 Å². The fourth-order valence-corrected chi connectivity index (χ4v) is 2.17. The van der Waals surface area contributed by atoms with Crippen LogP contribution < -0.4 is 0 Å². The highest BCUT2D eigenvalue weighted by atomic mass is 35.7. The SMILES string of the molecule is CCc1nc(S(=O)(=O)Cl)cn1CCC(C)(C)C#N. The Morgan fingerprint density at radius 1 is 1.56 bits per heavy atom. The molecule has 0 saturated carbocycles. The average molecular weight is 290 g/mol. The summed E-state index contributed by atoms with van der Waals surface area (Å²) in [5.74, 6) is 0.656. The van der Waals surface area contributed by atoms with E-state index in [4.69, 9.17) is 15.9 Å². The molecule has 0 saturated heterocycles. The molecule has 0 atom stereocenters. The minimum atomic E-state index is -3.80. The Morgan fingerprint density at radius 3 is 2.61 bits per heavy atom. The Labute approximate surface area is 112 Å². The van der Waals surface area contributed by atoms with Gasteiger partial charge < -0.3 is 4.57 Å². The Bertz CT molecular complexity index is 570. The van der Waals surface area contributed by atoms with Crippen LogP contribution in [0.15, 0.2) is 11.2 Å². The van der Waals surface area contributed by atoms with Crippen LogP contribution in [0.25, 0.3) is 0 Å². The third kappa shape index (κ3) is 3.72. The van der Waals surface area contributed by atoms with Crippen molar-refractivity contribution in [3.05, 3.63) is 12.0 Å². The van der Waals surface area contributed by atoms with Gasteiger partial charge in [0, 0.05) is 29.8 Å². The third-order valence-corrected chi connectivity index (χ3v) is 3.85. The van der Waals surface area contributed by atoms with Crippen LogP contribution in [0.4, 0.5) is 0 Å². The molecule has 0 aliphatic carbocycles.